The summed E-state index contributed by atoms with van der Waals surface area (Å²) >= 11 is 7.61. The van der Waals surface area contributed by atoms with Crippen LogP contribution in [-0.4, -0.2) is 15.7 Å². The number of nitrogens with zero attached hydrogens (tertiary/aromatic N) is 2. The van der Waals surface area contributed by atoms with E-state index in [9.17, 15) is 4.79 Å². The minimum atomic E-state index is -0.193. The highest BCUT2D eigenvalue weighted by Crippen LogP contribution is 2.35. The van der Waals surface area contributed by atoms with E-state index < -0.39 is 0 Å². The number of fused-ring (bicyclic) bond motifs is 1. The van der Waals surface area contributed by atoms with Gasteiger partial charge in [-0.1, -0.05) is 29.8 Å². The predicted molar refractivity (Wildman–Crippen MR) is 68.8 cm³/mol. The van der Waals surface area contributed by atoms with E-state index in [4.69, 9.17) is 11.6 Å². The summed E-state index contributed by atoms with van der Waals surface area (Å²) in [7, 11) is 0. The lowest BCUT2D eigenvalue weighted by molar-refractivity contribution is 0.0949. The van der Waals surface area contributed by atoms with E-state index in [-0.39, 0.29) is 5.91 Å². The normalized spacial score (nSPS) is 10.9. The summed E-state index contributed by atoms with van der Waals surface area (Å²) in [6, 6.07) is 9.40. The quantitative estimate of drug-likeness (QED) is 0.673. The van der Waals surface area contributed by atoms with Gasteiger partial charge in [0.1, 0.15) is 4.88 Å². The Morgan fingerprint density at radius 2 is 2.12 bits per heavy atom. The van der Waals surface area contributed by atoms with Gasteiger partial charge in [-0.05, 0) is 12.1 Å². The van der Waals surface area contributed by atoms with Crippen molar-refractivity contribution in [2.45, 2.75) is 0 Å². The van der Waals surface area contributed by atoms with Crippen molar-refractivity contribution in [2.24, 2.45) is 0 Å². The summed E-state index contributed by atoms with van der Waals surface area (Å²) in [6.45, 7) is 0. The monoisotopic (exact) mass is 262 g/mol. The second-order valence-electron chi connectivity index (χ2n) is 3.50. The Hall–Kier alpha value is -1.65. The average molecular weight is 263 g/mol. The van der Waals surface area contributed by atoms with E-state index in [0.717, 1.165) is 10.1 Å². The standard InChI is InChI=1S/C12H7ClN2OS/c13-10-8-4-1-2-5-9(8)17-11(10)12(16)15-7-3-6-14-15/h1-7H. The number of rotatable bonds is 1. The molecule has 0 radical (unpaired) electrons. The molecule has 0 amide bonds. The molecule has 0 fully saturated rings. The first kappa shape index (κ1) is 10.5. The fourth-order valence-corrected chi connectivity index (χ4v) is 3.09. The van der Waals surface area contributed by atoms with Gasteiger partial charge in [0.2, 0.25) is 0 Å². The minimum absolute atomic E-state index is 0.193. The van der Waals surface area contributed by atoms with Gasteiger partial charge in [-0.2, -0.15) is 5.10 Å². The van der Waals surface area contributed by atoms with Gasteiger partial charge in [0.05, 0.1) is 5.02 Å². The lowest BCUT2D eigenvalue weighted by Crippen LogP contribution is -2.10. The fraction of sp³-hybridized carbons (Fsp3) is 0. The molecule has 84 valence electrons. The average Bonchev–Trinajstić information content (AvgIpc) is 2.97. The van der Waals surface area contributed by atoms with Crippen molar-refractivity contribution in [2.75, 3.05) is 0 Å². The van der Waals surface area contributed by atoms with Crippen LogP contribution in [0.5, 0.6) is 0 Å². The number of hydrogen-bond donors (Lipinski definition) is 0. The van der Waals surface area contributed by atoms with E-state index in [1.54, 1.807) is 18.5 Å². The van der Waals surface area contributed by atoms with Crippen molar-refractivity contribution in [3.05, 3.63) is 52.6 Å². The van der Waals surface area contributed by atoms with Crippen molar-refractivity contribution in [1.29, 1.82) is 0 Å². The molecule has 3 rings (SSSR count). The molecule has 0 saturated heterocycles. The molecule has 0 unspecified atom stereocenters. The van der Waals surface area contributed by atoms with Gasteiger partial charge in [0, 0.05) is 22.5 Å². The lowest BCUT2D eigenvalue weighted by atomic mass is 10.2. The van der Waals surface area contributed by atoms with Crippen LogP contribution in [0.2, 0.25) is 5.02 Å². The molecule has 0 aliphatic carbocycles. The SMILES string of the molecule is O=C(c1sc2ccccc2c1Cl)n1cccn1. The van der Waals surface area contributed by atoms with E-state index in [2.05, 4.69) is 5.10 Å². The van der Waals surface area contributed by atoms with Crippen LogP contribution >= 0.6 is 22.9 Å². The van der Waals surface area contributed by atoms with E-state index in [1.165, 1.54) is 16.0 Å². The second-order valence-corrected chi connectivity index (χ2v) is 4.93. The number of halogens is 1. The fourth-order valence-electron chi connectivity index (χ4n) is 1.64. The lowest BCUT2D eigenvalue weighted by Gasteiger charge is -1.96. The van der Waals surface area contributed by atoms with Crippen LogP contribution in [0.4, 0.5) is 0 Å². The molecule has 17 heavy (non-hydrogen) atoms. The molecule has 0 bridgehead atoms. The smallest absolute Gasteiger partial charge is 0.266 e. The van der Waals surface area contributed by atoms with Crippen molar-refractivity contribution in [3.63, 3.8) is 0 Å². The summed E-state index contributed by atoms with van der Waals surface area (Å²) in [5.74, 6) is -0.193. The summed E-state index contributed by atoms with van der Waals surface area (Å²) < 4.78 is 2.30. The highest BCUT2D eigenvalue weighted by molar-refractivity contribution is 7.21. The summed E-state index contributed by atoms with van der Waals surface area (Å²) in [5.41, 5.74) is 0. The zero-order valence-corrected chi connectivity index (χ0v) is 10.2. The molecule has 2 aromatic heterocycles. The molecule has 3 aromatic rings. The van der Waals surface area contributed by atoms with E-state index in [0.29, 0.717) is 9.90 Å². The van der Waals surface area contributed by atoms with Gasteiger partial charge in [-0.3, -0.25) is 4.79 Å². The number of thiophene rings is 1. The van der Waals surface area contributed by atoms with Gasteiger partial charge in [-0.25, -0.2) is 4.68 Å². The Kier molecular flexibility index (Phi) is 2.46. The Morgan fingerprint density at radius 1 is 1.29 bits per heavy atom. The Morgan fingerprint density at radius 3 is 2.82 bits per heavy atom. The van der Waals surface area contributed by atoms with E-state index in [1.807, 2.05) is 24.3 Å². The molecule has 0 atom stereocenters. The third-order valence-corrected chi connectivity index (χ3v) is 4.11. The molecule has 0 aliphatic rings. The summed E-state index contributed by atoms with van der Waals surface area (Å²) in [5, 5.41) is 5.34. The maximum absolute atomic E-state index is 12.1. The van der Waals surface area contributed by atoms with Crippen LogP contribution in [-0.2, 0) is 0 Å². The minimum Gasteiger partial charge on any atom is -0.266 e. The Labute approximate surface area is 106 Å². The van der Waals surface area contributed by atoms with Gasteiger partial charge < -0.3 is 0 Å². The van der Waals surface area contributed by atoms with Crippen LogP contribution < -0.4 is 0 Å². The first-order chi connectivity index (χ1) is 8.27. The van der Waals surface area contributed by atoms with Crippen LogP contribution in [0.1, 0.15) is 9.67 Å². The number of benzene rings is 1. The maximum atomic E-state index is 12.1. The third-order valence-electron chi connectivity index (χ3n) is 2.44. The predicted octanol–water partition coefficient (Wildman–Crippen LogP) is 3.44. The van der Waals surface area contributed by atoms with Crippen LogP contribution in [0.3, 0.4) is 0 Å². The zero-order valence-electron chi connectivity index (χ0n) is 8.63. The number of carbonyl (C=O) groups is 1. The molecular formula is C12H7ClN2OS. The molecule has 3 nitrogen and oxygen atoms in total. The van der Waals surface area contributed by atoms with Crippen LogP contribution in [0.25, 0.3) is 10.1 Å². The molecule has 0 spiro atoms. The maximum Gasteiger partial charge on any atom is 0.289 e. The highest BCUT2D eigenvalue weighted by atomic mass is 35.5. The number of carbonyl (C=O) groups excluding carboxylic acids is 1. The molecule has 0 saturated carbocycles. The van der Waals surface area contributed by atoms with Gasteiger partial charge in [0.25, 0.3) is 5.91 Å². The first-order valence-electron chi connectivity index (χ1n) is 4.99. The molecular weight excluding hydrogens is 256 g/mol. The first-order valence-corrected chi connectivity index (χ1v) is 6.18. The van der Waals surface area contributed by atoms with Gasteiger partial charge in [0.15, 0.2) is 0 Å². The Balaban J connectivity index is 2.18. The second kappa shape index (κ2) is 3.98. The zero-order chi connectivity index (χ0) is 11.8. The van der Waals surface area contributed by atoms with E-state index >= 15 is 0 Å². The Bertz CT molecular complexity index is 688. The van der Waals surface area contributed by atoms with Crippen molar-refractivity contribution in [1.82, 2.24) is 9.78 Å². The van der Waals surface area contributed by atoms with Crippen LogP contribution in [0.15, 0.2) is 42.7 Å². The highest BCUT2D eigenvalue weighted by Gasteiger charge is 2.18. The van der Waals surface area contributed by atoms with Crippen LogP contribution in [0, 0.1) is 0 Å². The summed E-state index contributed by atoms with van der Waals surface area (Å²) in [4.78, 5) is 12.6. The van der Waals surface area contributed by atoms with Crippen molar-refractivity contribution >= 4 is 38.9 Å². The number of hydrogen-bond acceptors (Lipinski definition) is 3. The molecule has 2 heterocycles. The topological polar surface area (TPSA) is 34.9 Å². The van der Waals surface area contributed by atoms with Crippen molar-refractivity contribution in [3.8, 4) is 0 Å². The third kappa shape index (κ3) is 1.66. The molecule has 0 aliphatic heterocycles. The molecule has 1 aromatic carbocycles. The largest absolute Gasteiger partial charge is 0.289 e. The van der Waals surface area contributed by atoms with Gasteiger partial charge in [-0.15, -0.1) is 11.3 Å². The molecule has 5 heteroatoms. The van der Waals surface area contributed by atoms with Crippen molar-refractivity contribution < 1.29 is 4.79 Å². The number of aromatic nitrogens is 2. The van der Waals surface area contributed by atoms with Gasteiger partial charge >= 0.3 is 0 Å². The summed E-state index contributed by atoms with van der Waals surface area (Å²) in [6.07, 6.45) is 3.18. The molecule has 0 N–H and O–H groups in total.